The number of nitrogens with zero attached hydrogens (tertiary/aromatic N) is 2. The number of nitro groups is 1. The van der Waals surface area contributed by atoms with E-state index < -0.39 is 17.5 Å². The van der Waals surface area contributed by atoms with Crippen molar-refractivity contribution in [1.29, 1.82) is 0 Å². The summed E-state index contributed by atoms with van der Waals surface area (Å²) in [5.41, 5.74) is 2.05. The molecule has 0 aromatic heterocycles. The smallest absolute Gasteiger partial charge is 0.341 e. The molecule has 0 aliphatic carbocycles. The Bertz CT molecular complexity index is 1070. The fourth-order valence-electron chi connectivity index (χ4n) is 3.65. The Morgan fingerprint density at radius 1 is 1.09 bits per heavy atom. The van der Waals surface area contributed by atoms with Gasteiger partial charge in [0, 0.05) is 44.6 Å². The lowest BCUT2D eigenvalue weighted by molar-refractivity contribution is -0.384. The van der Waals surface area contributed by atoms with Crippen LogP contribution in [0.5, 0.6) is 11.5 Å². The summed E-state index contributed by atoms with van der Waals surface area (Å²) in [7, 11) is 4.64. The van der Waals surface area contributed by atoms with Crippen LogP contribution in [0.3, 0.4) is 0 Å². The molecule has 0 spiro atoms. The van der Waals surface area contributed by atoms with Crippen molar-refractivity contribution in [3.63, 3.8) is 0 Å². The molecule has 2 aromatic rings. The summed E-state index contributed by atoms with van der Waals surface area (Å²) in [6.45, 7) is 1.07. The molecule has 1 N–H and O–H groups in total. The monoisotopic (exact) mass is 473 g/mol. The van der Waals surface area contributed by atoms with Crippen LogP contribution in [0, 0.1) is 10.1 Å². The van der Waals surface area contributed by atoms with Crippen molar-refractivity contribution < 1.29 is 33.5 Å². The van der Waals surface area contributed by atoms with Crippen LogP contribution >= 0.6 is 0 Å². The number of non-ortho nitro benzene ring substituents is 1. The number of esters is 1. The molecule has 0 unspecified atom stereocenters. The van der Waals surface area contributed by atoms with E-state index in [-0.39, 0.29) is 17.2 Å². The third-order valence-corrected chi connectivity index (χ3v) is 5.45. The quantitative estimate of drug-likeness (QED) is 0.239. The van der Waals surface area contributed by atoms with Gasteiger partial charge < -0.3 is 29.2 Å². The maximum atomic E-state index is 12.7. The maximum absolute atomic E-state index is 12.7. The second kappa shape index (κ2) is 11.3. The first kappa shape index (κ1) is 24.8. The fourth-order valence-corrected chi connectivity index (χ4v) is 3.65. The van der Waals surface area contributed by atoms with Gasteiger partial charge in [-0.15, -0.1) is 0 Å². The Morgan fingerprint density at radius 2 is 1.79 bits per heavy atom. The molecule has 0 fully saturated rings. The number of fused-ring (bicyclic) bond motifs is 1. The lowest BCUT2D eigenvalue weighted by Crippen LogP contribution is -2.38. The molecule has 0 saturated heterocycles. The Balaban J connectivity index is 1.67. The molecule has 0 saturated carbocycles. The SMILES string of the molecule is COCCNc1ccc([N+](=O)[O-])cc1C(=O)OCC(=O)N1CCc2cc(OC)c(OC)cc2C1. The molecule has 0 radical (unpaired) electrons. The highest BCUT2D eigenvalue weighted by Gasteiger charge is 2.25. The van der Waals surface area contributed by atoms with Crippen molar-refractivity contribution in [2.75, 3.05) is 52.9 Å². The second-order valence-corrected chi connectivity index (χ2v) is 7.52. The molecule has 0 atom stereocenters. The number of methoxy groups -OCH3 is 3. The highest BCUT2D eigenvalue weighted by molar-refractivity contribution is 5.97. The Labute approximate surface area is 196 Å². The molecule has 2 aromatic carbocycles. The Kier molecular flexibility index (Phi) is 8.25. The number of amides is 1. The molecular weight excluding hydrogens is 446 g/mol. The van der Waals surface area contributed by atoms with Crippen molar-refractivity contribution in [1.82, 2.24) is 4.90 Å². The van der Waals surface area contributed by atoms with Gasteiger partial charge in [-0.1, -0.05) is 0 Å². The zero-order valence-corrected chi connectivity index (χ0v) is 19.3. The summed E-state index contributed by atoms with van der Waals surface area (Å²) in [6, 6.07) is 7.57. The molecule has 0 bridgehead atoms. The first-order valence-corrected chi connectivity index (χ1v) is 10.6. The number of rotatable bonds is 10. The molecule has 1 aliphatic heterocycles. The van der Waals surface area contributed by atoms with Crippen molar-refractivity contribution in [3.05, 3.63) is 57.1 Å². The number of anilines is 1. The van der Waals surface area contributed by atoms with Crippen LogP contribution in [-0.2, 0) is 27.2 Å². The molecule has 1 aliphatic rings. The highest BCUT2D eigenvalue weighted by Crippen LogP contribution is 2.33. The number of ether oxygens (including phenoxy) is 4. The van der Waals surface area contributed by atoms with Crippen LogP contribution < -0.4 is 14.8 Å². The maximum Gasteiger partial charge on any atom is 0.341 e. The van der Waals surface area contributed by atoms with E-state index in [1.54, 1.807) is 19.1 Å². The molecule has 11 nitrogen and oxygen atoms in total. The summed E-state index contributed by atoms with van der Waals surface area (Å²) in [5.74, 6) is -0.00290. The van der Waals surface area contributed by atoms with Gasteiger partial charge in [-0.3, -0.25) is 14.9 Å². The Hall–Kier alpha value is -3.86. The predicted molar refractivity (Wildman–Crippen MR) is 122 cm³/mol. The number of benzene rings is 2. The first-order chi connectivity index (χ1) is 16.4. The van der Waals surface area contributed by atoms with E-state index in [2.05, 4.69) is 5.32 Å². The van der Waals surface area contributed by atoms with Crippen LogP contribution in [0.15, 0.2) is 30.3 Å². The number of carbonyl (C=O) groups is 2. The molecule has 1 amide bonds. The van der Waals surface area contributed by atoms with Gasteiger partial charge in [0.2, 0.25) is 0 Å². The molecule has 11 heteroatoms. The minimum absolute atomic E-state index is 0.0288. The fraction of sp³-hybridized carbons (Fsp3) is 0.391. The van der Waals surface area contributed by atoms with E-state index in [0.29, 0.717) is 49.8 Å². The van der Waals surface area contributed by atoms with Gasteiger partial charge in [-0.2, -0.15) is 0 Å². The number of hydrogen-bond donors (Lipinski definition) is 1. The summed E-state index contributed by atoms with van der Waals surface area (Å²) >= 11 is 0. The topological polar surface area (TPSA) is 129 Å². The van der Waals surface area contributed by atoms with E-state index in [9.17, 15) is 19.7 Å². The highest BCUT2D eigenvalue weighted by atomic mass is 16.6. The second-order valence-electron chi connectivity index (χ2n) is 7.52. The van der Waals surface area contributed by atoms with Crippen LogP contribution in [0.4, 0.5) is 11.4 Å². The lowest BCUT2D eigenvalue weighted by Gasteiger charge is -2.29. The van der Waals surface area contributed by atoms with Gasteiger partial charge in [0.05, 0.1) is 31.3 Å². The van der Waals surface area contributed by atoms with Gasteiger partial charge in [-0.05, 0) is 35.7 Å². The third-order valence-electron chi connectivity index (χ3n) is 5.45. The van der Waals surface area contributed by atoms with Crippen molar-refractivity contribution in [2.24, 2.45) is 0 Å². The third kappa shape index (κ3) is 5.73. The van der Waals surface area contributed by atoms with Crippen LogP contribution in [0.1, 0.15) is 21.5 Å². The van der Waals surface area contributed by atoms with Gasteiger partial charge in [-0.25, -0.2) is 4.79 Å². The minimum Gasteiger partial charge on any atom is -0.493 e. The first-order valence-electron chi connectivity index (χ1n) is 10.6. The van der Waals surface area contributed by atoms with Crippen LogP contribution in [0.2, 0.25) is 0 Å². The molecule has 182 valence electrons. The van der Waals surface area contributed by atoms with E-state index in [4.69, 9.17) is 18.9 Å². The molecule has 3 rings (SSSR count). The summed E-state index contributed by atoms with van der Waals surface area (Å²) in [4.78, 5) is 37.6. The van der Waals surface area contributed by atoms with Gasteiger partial charge in [0.1, 0.15) is 0 Å². The van der Waals surface area contributed by atoms with Gasteiger partial charge >= 0.3 is 5.97 Å². The van der Waals surface area contributed by atoms with E-state index in [1.165, 1.54) is 19.2 Å². The number of nitro benzene ring substituents is 1. The van der Waals surface area contributed by atoms with Crippen LogP contribution in [0.25, 0.3) is 0 Å². The van der Waals surface area contributed by atoms with Gasteiger partial charge in [0.15, 0.2) is 18.1 Å². The van der Waals surface area contributed by atoms with Crippen LogP contribution in [-0.4, -0.2) is 69.3 Å². The summed E-state index contributed by atoms with van der Waals surface area (Å²) in [5, 5.41) is 14.1. The Morgan fingerprint density at radius 3 is 2.44 bits per heavy atom. The number of hydrogen-bond acceptors (Lipinski definition) is 9. The average molecular weight is 473 g/mol. The summed E-state index contributed by atoms with van der Waals surface area (Å²) in [6.07, 6.45) is 0.619. The van der Waals surface area contributed by atoms with Crippen molar-refractivity contribution in [2.45, 2.75) is 13.0 Å². The summed E-state index contributed by atoms with van der Waals surface area (Å²) < 4.78 is 20.9. The van der Waals surface area contributed by atoms with E-state index >= 15 is 0 Å². The van der Waals surface area contributed by atoms with Crippen molar-refractivity contribution in [3.8, 4) is 11.5 Å². The predicted octanol–water partition coefficient (Wildman–Crippen LogP) is 2.41. The zero-order chi connectivity index (χ0) is 24.7. The molecule has 1 heterocycles. The van der Waals surface area contributed by atoms with E-state index in [1.807, 2.05) is 12.1 Å². The average Bonchev–Trinajstić information content (AvgIpc) is 2.85. The number of nitrogens with one attached hydrogen (secondary N) is 1. The largest absolute Gasteiger partial charge is 0.493 e. The van der Waals surface area contributed by atoms with Gasteiger partial charge in [0.25, 0.3) is 11.6 Å². The van der Waals surface area contributed by atoms with E-state index in [0.717, 1.165) is 17.2 Å². The van der Waals surface area contributed by atoms with Crippen molar-refractivity contribution >= 4 is 23.3 Å². The zero-order valence-electron chi connectivity index (χ0n) is 19.3. The molecule has 34 heavy (non-hydrogen) atoms. The standard InChI is InChI=1S/C23H27N3O8/c1-31-9-7-24-19-5-4-17(26(29)30)12-18(19)23(28)34-14-22(27)25-8-6-15-10-20(32-2)21(33-3)11-16(15)13-25/h4-5,10-12,24H,6-9,13-14H2,1-3H3. The number of carbonyl (C=O) groups excluding carboxylic acids is 2. The minimum atomic E-state index is -0.833. The normalized spacial score (nSPS) is 12.5. The lowest BCUT2D eigenvalue weighted by atomic mass is 9.99. The molecular formula is C23H27N3O8.